The van der Waals surface area contributed by atoms with Crippen molar-refractivity contribution in [3.63, 3.8) is 0 Å². The molecule has 0 aliphatic heterocycles. The van der Waals surface area contributed by atoms with Gasteiger partial charge in [-0.1, -0.05) is 12.0 Å². The highest BCUT2D eigenvalue weighted by Crippen LogP contribution is 2.10. The van der Waals surface area contributed by atoms with Crippen molar-refractivity contribution in [2.45, 2.75) is 25.7 Å². The van der Waals surface area contributed by atoms with E-state index in [1.807, 2.05) is 24.7 Å². The molecule has 0 fully saturated rings. The third-order valence-electron chi connectivity index (χ3n) is 2.71. The van der Waals surface area contributed by atoms with E-state index < -0.39 is 5.97 Å². The van der Waals surface area contributed by atoms with Crippen LogP contribution in [0.1, 0.15) is 25.0 Å². The Kier molecular flexibility index (Phi) is 3.98. The lowest BCUT2D eigenvalue weighted by atomic mass is 10.1. The average Bonchev–Trinajstić information content (AvgIpc) is 2.82. The zero-order chi connectivity index (χ0) is 12.8. The van der Waals surface area contributed by atoms with Crippen molar-refractivity contribution in [2.24, 2.45) is 0 Å². The van der Waals surface area contributed by atoms with Crippen LogP contribution in [0.4, 0.5) is 0 Å². The van der Waals surface area contributed by atoms with Gasteiger partial charge in [-0.25, -0.2) is 9.78 Å². The smallest absolute Gasteiger partial charge is 0.381 e. The van der Waals surface area contributed by atoms with Crippen LogP contribution in [0, 0.1) is 11.8 Å². The number of aliphatic carboxylic acids is 1. The van der Waals surface area contributed by atoms with Crippen LogP contribution in [-0.4, -0.2) is 20.5 Å². The Morgan fingerprint density at radius 2 is 2.28 bits per heavy atom. The standard InChI is InChI=1S/C14H14N2O2/c17-14(18)9-4-2-1-3-6-12-7-5-8-13-10-15-11-16(12)13/h5,7-8,10-11H,1-3,6H2,(H,17,18). The molecule has 18 heavy (non-hydrogen) atoms. The number of carboxylic acids is 1. The predicted molar refractivity (Wildman–Crippen MR) is 68.2 cm³/mol. The Bertz CT molecular complexity index is 605. The number of rotatable bonds is 4. The van der Waals surface area contributed by atoms with Crippen LogP contribution in [0.3, 0.4) is 0 Å². The molecule has 0 bridgehead atoms. The van der Waals surface area contributed by atoms with Crippen LogP contribution in [0.5, 0.6) is 0 Å². The lowest BCUT2D eigenvalue weighted by Crippen LogP contribution is -1.95. The van der Waals surface area contributed by atoms with Gasteiger partial charge in [0.2, 0.25) is 0 Å². The molecule has 0 saturated carbocycles. The summed E-state index contributed by atoms with van der Waals surface area (Å²) in [5.41, 5.74) is 2.31. The fraction of sp³-hybridized carbons (Fsp3) is 0.286. The summed E-state index contributed by atoms with van der Waals surface area (Å²) < 4.78 is 2.07. The minimum absolute atomic E-state index is 0.631. The first-order chi connectivity index (χ1) is 8.77. The molecule has 92 valence electrons. The van der Waals surface area contributed by atoms with Gasteiger partial charge in [-0.15, -0.1) is 0 Å². The molecule has 2 aromatic rings. The topological polar surface area (TPSA) is 54.6 Å². The molecular formula is C14H14N2O2. The van der Waals surface area contributed by atoms with Crippen molar-refractivity contribution < 1.29 is 9.90 Å². The third kappa shape index (κ3) is 3.11. The van der Waals surface area contributed by atoms with Gasteiger partial charge in [0, 0.05) is 18.0 Å². The van der Waals surface area contributed by atoms with Crippen molar-refractivity contribution in [3.05, 3.63) is 36.4 Å². The molecule has 0 spiro atoms. The van der Waals surface area contributed by atoms with Crippen LogP contribution in [0.2, 0.25) is 0 Å². The van der Waals surface area contributed by atoms with Crippen LogP contribution in [0.15, 0.2) is 30.7 Å². The molecule has 0 saturated heterocycles. The van der Waals surface area contributed by atoms with E-state index >= 15 is 0 Å². The largest absolute Gasteiger partial charge is 0.472 e. The summed E-state index contributed by atoms with van der Waals surface area (Å²) in [6.07, 6.45) is 7.13. The number of carboxylic acid groups (broad SMARTS) is 1. The van der Waals surface area contributed by atoms with Gasteiger partial charge in [-0.2, -0.15) is 0 Å². The van der Waals surface area contributed by atoms with E-state index in [1.165, 1.54) is 5.69 Å². The SMILES string of the molecule is O=C(O)C#CCCCCc1cccc2cncn12. The van der Waals surface area contributed by atoms with Crippen molar-refractivity contribution in [1.29, 1.82) is 0 Å². The van der Waals surface area contributed by atoms with Crippen molar-refractivity contribution in [1.82, 2.24) is 9.38 Å². The Morgan fingerprint density at radius 1 is 1.39 bits per heavy atom. The van der Waals surface area contributed by atoms with Gasteiger partial charge in [-0.3, -0.25) is 0 Å². The summed E-state index contributed by atoms with van der Waals surface area (Å²) in [7, 11) is 0. The molecule has 2 rings (SSSR count). The summed E-state index contributed by atoms with van der Waals surface area (Å²) in [4.78, 5) is 14.3. The number of aromatic nitrogens is 2. The molecule has 0 aliphatic rings. The lowest BCUT2D eigenvalue weighted by molar-refractivity contribution is -0.130. The summed E-state index contributed by atoms with van der Waals surface area (Å²) in [6, 6.07) is 6.13. The average molecular weight is 242 g/mol. The van der Waals surface area contributed by atoms with Gasteiger partial charge in [0.15, 0.2) is 0 Å². The zero-order valence-corrected chi connectivity index (χ0v) is 9.97. The molecule has 0 atom stereocenters. The van der Waals surface area contributed by atoms with E-state index in [0.29, 0.717) is 6.42 Å². The number of imidazole rings is 1. The second-order valence-corrected chi connectivity index (χ2v) is 4.02. The monoisotopic (exact) mass is 242 g/mol. The fourth-order valence-corrected chi connectivity index (χ4v) is 1.87. The maximum Gasteiger partial charge on any atom is 0.381 e. The van der Waals surface area contributed by atoms with Crippen LogP contribution < -0.4 is 0 Å². The van der Waals surface area contributed by atoms with Crippen molar-refractivity contribution in [3.8, 4) is 11.8 Å². The Balaban J connectivity index is 1.86. The van der Waals surface area contributed by atoms with Crippen LogP contribution in [-0.2, 0) is 11.2 Å². The summed E-state index contributed by atoms with van der Waals surface area (Å²) in [5, 5.41) is 8.36. The lowest BCUT2D eigenvalue weighted by Gasteiger charge is -2.04. The number of fused-ring (bicyclic) bond motifs is 1. The highest BCUT2D eigenvalue weighted by molar-refractivity contribution is 5.86. The Morgan fingerprint density at radius 3 is 3.11 bits per heavy atom. The Hall–Kier alpha value is -2.28. The second kappa shape index (κ2) is 5.87. The second-order valence-electron chi connectivity index (χ2n) is 4.02. The fourth-order valence-electron chi connectivity index (χ4n) is 1.87. The van der Waals surface area contributed by atoms with Gasteiger partial charge in [0.1, 0.15) is 0 Å². The van der Waals surface area contributed by atoms with Crippen molar-refractivity contribution in [2.75, 3.05) is 0 Å². The van der Waals surface area contributed by atoms with Crippen LogP contribution >= 0.6 is 0 Å². The van der Waals surface area contributed by atoms with E-state index in [2.05, 4.69) is 27.3 Å². The molecule has 2 aromatic heterocycles. The van der Waals surface area contributed by atoms with Crippen LogP contribution in [0.25, 0.3) is 5.52 Å². The normalized spacial score (nSPS) is 10.0. The number of unbranched alkanes of at least 4 members (excludes halogenated alkanes) is 2. The van der Waals surface area contributed by atoms with Crippen molar-refractivity contribution >= 4 is 11.5 Å². The molecule has 2 heterocycles. The molecule has 0 aromatic carbocycles. The highest BCUT2D eigenvalue weighted by Gasteiger charge is 1.99. The first-order valence-corrected chi connectivity index (χ1v) is 5.89. The van der Waals surface area contributed by atoms with Gasteiger partial charge < -0.3 is 9.51 Å². The molecular weight excluding hydrogens is 228 g/mol. The molecule has 4 nitrogen and oxygen atoms in total. The van der Waals surface area contributed by atoms with E-state index in [4.69, 9.17) is 5.11 Å². The summed E-state index contributed by atoms with van der Waals surface area (Å²) in [6.45, 7) is 0. The number of nitrogens with zero attached hydrogens (tertiary/aromatic N) is 2. The summed E-state index contributed by atoms with van der Waals surface area (Å²) >= 11 is 0. The van der Waals surface area contributed by atoms with E-state index in [1.54, 1.807) is 0 Å². The number of aryl methyl sites for hydroxylation is 1. The quantitative estimate of drug-likeness (QED) is 0.660. The highest BCUT2D eigenvalue weighted by atomic mass is 16.4. The maximum atomic E-state index is 10.2. The first-order valence-electron chi connectivity index (χ1n) is 5.89. The number of pyridine rings is 1. The maximum absolute atomic E-state index is 10.2. The van der Waals surface area contributed by atoms with E-state index in [-0.39, 0.29) is 0 Å². The molecule has 4 heteroatoms. The minimum Gasteiger partial charge on any atom is -0.472 e. The minimum atomic E-state index is -1.06. The Labute approximate surface area is 105 Å². The molecule has 0 unspecified atom stereocenters. The first kappa shape index (κ1) is 12.2. The number of hydrogen-bond acceptors (Lipinski definition) is 2. The number of hydrogen-bond donors (Lipinski definition) is 1. The summed E-state index contributed by atoms with van der Waals surface area (Å²) in [5.74, 6) is 3.70. The molecule has 1 N–H and O–H groups in total. The molecule has 0 radical (unpaired) electrons. The van der Waals surface area contributed by atoms with Gasteiger partial charge >= 0.3 is 5.97 Å². The number of carbonyl (C=O) groups is 1. The van der Waals surface area contributed by atoms with Gasteiger partial charge in [-0.05, 0) is 31.4 Å². The molecule has 0 aliphatic carbocycles. The van der Waals surface area contributed by atoms with Gasteiger partial charge in [0.05, 0.1) is 18.0 Å². The predicted octanol–water partition coefficient (Wildman–Crippen LogP) is 2.14. The van der Waals surface area contributed by atoms with E-state index in [0.717, 1.165) is 24.8 Å². The van der Waals surface area contributed by atoms with E-state index in [9.17, 15) is 4.79 Å². The molecule has 0 amide bonds. The third-order valence-corrected chi connectivity index (χ3v) is 2.71. The zero-order valence-electron chi connectivity index (χ0n) is 9.97. The van der Waals surface area contributed by atoms with Gasteiger partial charge in [0.25, 0.3) is 0 Å².